The number of thiazole rings is 1. The number of thioether (sulfide) groups is 1. The van der Waals surface area contributed by atoms with E-state index in [4.69, 9.17) is 4.74 Å². The van der Waals surface area contributed by atoms with Gasteiger partial charge in [0.05, 0.1) is 17.6 Å². The molecule has 0 saturated heterocycles. The van der Waals surface area contributed by atoms with Gasteiger partial charge in [0, 0.05) is 6.92 Å². The first-order valence-corrected chi connectivity index (χ1v) is 10.6. The molecule has 0 saturated carbocycles. The van der Waals surface area contributed by atoms with Gasteiger partial charge in [-0.3, -0.25) is 9.59 Å². The molecule has 0 spiro atoms. The van der Waals surface area contributed by atoms with E-state index >= 15 is 0 Å². The molecule has 0 aliphatic heterocycles. The maximum absolute atomic E-state index is 12.6. The number of aromatic nitrogens is 3. The Morgan fingerprint density at radius 1 is 1.15 bits per heavy atom. The topological polar surface area (TPSA) is 123 Å². The molecule has 27 heavy (non-hydrogen) atoms. The number of ether oxygens (including phenoxy) is 1. The number of anilines is 2. The number of nitrogens with zero attached hydrogens (tertiary/aromatic N) is 3. The molecule has 0 radical (unpaired) electrons. The minimum atomic E-state index is -0.450. The van der Waals surface area contributed by atoms with Crippen molar-refractivity contribution in [2.45, 2.75) is 43.7 Å². The van der Waals surface area contributed by atoms with Gasteiger partial charge in [0.15, 0.2) is 9.47 Å². The lowest BCUT2D eigenvalue weighted by atomic mass is 10.3. The fourth-order valence-electron chi connectivity index (χ4n) is 1.92. The quantitative estimate of drug-likeness (QED) is 0.373. The Balaban J connectivity index is 2.02. The van der Waals surface area contributed by atoms with Gasteiger partial charge in [0.1, 0.15) is 4.88 Å². The summed E-state index contributed by atoms with van der Waals surface area (Å²) in [5, 5.41) is 13.4. The van der Waals surface area contributed by atoms with Crippen molar-refractivity contribution in [2.24, 2.45) is 0 Å². The lowest BCUT2D eigenvalue weighted by Gasteiger charge is -2.11. The van der Waals surface area contributed by atoms with Crippen LogP contribution in [0.25, 0.3) is 0 Å². The Kier molecular flexibility index (Phi) is 7.68. The van der Waals surface area contributed by atoms with Crippen LogP contribution < -0.4 is 10.6 Å². The van der Waals surface area contributed by atoms with E-state index in [0.717, 1.165) is 11.3 Å². The maximum atomic E-state index is 12.6. The van der Waals surface area contributed by atoms with E-state index in [1.165, 1.54) is 30.0 Å². The minimum absolute atomic E-state index is 0.232. The maximum Gasteiger partial charge on any atom is 0.350 e. The van der Waals surface area contributed by atoms with Crippen LogP contribution in [-0.4, -0.2) is 44.8 Å². The SMILES string of the molecule is CCOC(=O)c1sc(NC(=O)[C@@H](CC)Sc2nnc(NC(C)=O)s2)nc1C. The van der Waals surface area contributed by atoms with Crippen molar-refractivity contribution in [1.29, 1.82) is 0 Å². The van der Waals surface area contributed by atoms with Crippen molar-refractivity contribution in [3.8, 4) is 0 Å². The highest BCUT2D eigenvalue weighted by Gasteiger charge is 2.23. The Morgan fingerprint density at radius 2 is 1.89 bits per heavy atom. The molecule has 0 bridgehead atoms. The zero-order valence-electron chi connectivity index (χ0n) is 15.2. The zero-order valence-corrected chi connectivity index (χ0v) is 17.6. The number of nitrogens with one attached hydrogen (secondary N) is 2. The highest BCUT2D eigenvalue weighted by Crippen LogP contribution is 2.31. The molecular formula is C15H19N5O4S3. The van der Waals surface area contributed by atoms with Crippen LogP contribution in [-0.2, 0) is 14.3 Å². The van der Waals surface area contributed by atoms with Gasteiger partial charge >= 0.3 is 5.97 Å². The largest absolute Gasteiger partial charge is 0.462 e. The van der Waals surface area contributed by atoms with E-state index < -0.39 is 11.2 Å². The number of rotatable bonds is 8. The fourth-order valence-corrected chi connectivity index (χ4v) is 4.75. The molecule has 0 aromatic carbocycles. The molecule has 2 N–H and O–H groups in total. The number of esters is 1. The summed E-state index contributed by atoms with van der Waals surface area (Å²) in [6.45, 7) is 6.95. The van der Waals surface area contributed by atoms with E-state index in [1.807, 2.05) is 6.92 Å². The Bertz CT molecular complexity index is 835. The van der Waals surface area contributed by atoms with Crippen LogP contribution in [0, 0.1) is 6.92 Å². The monoisotopic (exact) mass is 429 g/mol. The summed E-state index contributed by atoms with van der Waals surface area (Å²) in [5.41, 5.74) is 0.513. The standard InChI is InChI=1S/C15H19N5O4S3/c1-5-9(25-15-20-19-14(27-15)17-8(4)21)11(22)18-13-16-7(3)10(26-13)12(23)24-6-2/h9H,5-6H2,1-4H3,(H,16,18,22)(H,17,19,21)/t9-/m1/s1. The van der Waals surface area contributed by atoms with Crippen molar-refractivity contribution >= 4 is 62.5 Å². The van der Waals surface area contributed by atoms with E-state index in [0.29, 0.717) is 31.6 Å². The molecule has 2 aromatic rings. The molecule has 0 aliphatic rings. The van der Waals surface area contributed by atoms with Crippen LogP contribution in [0.2, 0.25) is 0 Å². The van der Waals surface area contributed by atoms with Gasteiger partial charge in [-0.25, -0.2) is 9.78 Å². The number of carbonyl (C=O) groups is 3. The van der Waals surface area contributed by atoms with Crippen molar-refractivity contribution in [1.82, 2.24) is 15.2 Å². The van der Waals surface area contributed by atoms with Crippen LogP contribution in [0.5, 0.6) is 0 Å². The second-order valence-corrected chi connectivity index (χ2v) is 8.64. The third-order valence-corrected chi connectivity index (χ3v) is 6.42. The summed E-state index contributed by atoms with van der Waals surface area (Å²) in [4.78, 5) is 40.1. The average Bonchev–Trinajstić information content (AvgIpc) is 3.18. The van der Waals surface area contributed by atoms with Crippen molar-refractivity contribution in [3.05, 3.63) is 10.6 Å². The molecule has 2 aromatic heterocycles. The first kappa shape index (κ1) is 21.3. The van der Waals surface area contributed by atoms with Crippen LogP contribution in [0.15, 0.2) is 4.34 Å². The number of carbonyl (C=O) groups excluding carboxylic acids is 3. The highest BCUT2D eigenvalue weighted by atomic mass is 32.2. The second kappa shape index (κ2) is 9.76. The molecule has 9 nitrogen and oxygen atoms in total. The zero-order chi connectivity index (χ0) is 20.0. The lowest BCUT2D eigenvalue weighted by Crippen LogP contribution is -2.24. The molecule has 1 atom stereocenters. The Hall–Kier alpha value is -2.05. The molecule has 2 heterocycles. The molecule has 2 rings (SSSR count). The van der Waals surface area contributed by atoms with Gasteiger partial charge in [-0.05, 0) is 20.3 Å². The molecule has 0 aliphatic carbocycles. The summed E-state index contributed by atoms with van der Waals surface area (Å²) in [7, 11) is 0. The van der Waals surface area contributed by atoms with E-state index in [1.54, 1.807) is 13.8 Å². The third kappa shape index (κ3) is 5.97. The van der Waals surface area contributed by atoms with Crippen LogP contribution in [0.3, 0.4) is 0 Å². The summed E-state index contributed by atoms with van der Waals surface area (Å²) < 4.78 is 5.55. The predicted molar refractivity (Wildman–Crippen MR) is 106 cm³/mol. The summed E-state index contributed by atoms with van der Waals surface area (Å²) in [6.07, 6.45) is 0.556. The highest BCUT2D eigenvalue weighted by molar-refractivity contribution is 8.02. The Labute approximate surface area is 168 Å². The normalized spacial score (nSPS) is 11.7. The van der Waals surface area contributed by atoms with Gasteiger partial charge in [-0.15, -0.1) is 10.2 Å². The van der Waals surface area contributed by atoms with Gasteiger partial charge in [-0.1, -0.05) is 41.4 Å². The van der Waals surface area contributed by atoms with E-state index in [9.17, 15) is 14.4 Å². The average molecular weight is 430 g/mol. The molecule has 0 unspecified atom stereocenters. The van der Waals surface area contributed by atoms with Gasteiger partial charge in [-0.2, -0.15) is 0 Å². The minimum Gasteiger partial charge on any atom is -0.462 e. The van der Waals surface area contributed by atoms with Crippen LogP contribution in [0.4, 0.5) is 10.3 Å². The van der Waals surface area contributed by atoms with Crippen LogP contribution in [0.1, 0.15) is 42.6 Å². The number of hydrogen-bond donors (Lipinski definition) is 2. The fraction of sp³-hybridized carbons (Fsp3) is 0.467. The van der Waals surface area contributed by atoms with Crippen molar-refractivity contribution in [3.63, 3.8) is 0 Å². The molecule has 12 heteroatoms. The molecule has 146 valence electrons. The van der Waals surface area contributed by atoms with Gasteiger partial charge in [0.25, 0.3) is 0 Å². The Morgan fingerprint density at radius 3 is 2.52 bits per heavy atom. The molecular weight excluding hydrogens is 410 g/mol. The second-order valence-electron chi connectivity index (χ2n) is 5.21. The first-order chi connectivity index (χ1) is 12.8. The van der Waals surface area contributed by atoms with Crippen LogP contribution >= 0.6 is 34.4 Å². The summed E-state index contributed by atoms with van der Waals surface area (Å²) in [5.74, 6) is -0.930. The number of aryl methyl sites for hydroxylation is 1. The van der Waals surface area contributed by atoms with Crippen molar-refractivity contribution < 1.29 is 19.1 Å². The predicted octanol–water partition coefficient (Wildman–Crippen LogP) is 2.95. The smallest absolute Gasteiger partial charge is 0.350 e. The van der Waals surface area contributed by atoms with Gasteiger partial charge in [0.2, 0.25) is 16.9 Å². The van der Waals surface area contributed by atoms with Gasteiger partial charge < -0.3 is 15.4 Å². The van der Waals surface area contributed by atoms with E-state index in [-0.39, 0.29) is 18.4 Å². The first-order valence-electron chi connectivity index (χ1n) is 8.07. The molecule has 2 amide bonds. The summed E-state index contributed by atoms with van der Waals surface area (Å²) in [6, 6.07) is 0. The van der Waals surface area contributed by atoms with E-state index in [2.05, 4.69) is 25.8 Å². The molecule has 0 fully saturated rings. The number of amides is 2. The van der Waals surface area contributed by atoms with Crippen molar-refractivity contribution in [2.75, 3.05) is 17.2 Å². The summed E-state index contributed by atoms with van der Waals surface area (Å²) >= 11 is 3.54. The lowest BCUT2D eigenvalue weighted by molar-refractivity contribution is -0.116. The number of hydrogen-bond acceptors (Lipinski definition) is 10. The third-order valence-electron chi connectivity index (χ3n) is 3.08.